The van der Waals surface area contributed by atoms with Crippen LogP contribution in [0, 0.1) is 5.92 Å². The van der Waals surface area contributed by atoms with Crippen LogP contribution in [0.15, 0.2) is 76.4 Å². The number of aromatic nitrogens is 1. The predicted molar refractivity (Wildman–Crippen MR) is 151 cm³/mol. The first-order valence-corrected chi connectivity index (χ1v) is 15.1. The molecule has 1 N–H and O–H groups in total. The van der Waals surface area contributed by atoms with Crippen molar-refractivity contribution in [2.75, 3.05) is 25.0 Å². The summed E-state index contributed by atoms with van der Waals surface area (Å²) in [6, 6.07) is 18.5. The predicted octanol–water partition coefficient (Wildman–Crippen LogP) is 4.87. The minimum atomic E-state index is -3.71. The fourth-order valence-corrected chi connectivity index (χ4v) is 7.09. The van der Waals surface area contributed by atoms with Crippen LogP contribution in [0.3, 0.4) is 0 Å². The molecular weight excluding hydrogens is 514 g/mol. The Morgan fingerprint density at radius 2 is 1.72 bits per heavy atom. The van der Waals surface area contributed by atoms with Crippen molar-refractivity contribution in [1.29, 1.82) is 0 Å². The first-order valence-electron chi connectivity index (χ1n) is 13.7. The number of piperidine rings is 1. The van der Waals surface area contributed by atoms with Crippen molar-refractivity contribution in [2.45, 2.75) is 56.4 Å². The number of pyridine rings is 1. The summed E-state index contributed by atoms with van der Waals surface area (Å²) < 4.78 is 36.0. The number of benzene rings is 2. The molecule has 2 aliphatic rings. The Balaban J connectivity index is 1.20. The second-order valence-corrected chi connectivity index (χ2v) is 12.4. The number of rotatable bonds is 10. The van der Waals surface area contributed by atoms with Crippen LogP contribution in [0.1, 0.15) is 61.0 Å². The molecular formula is C30H35N3O5S. The summed E-state index contributed by atoms with van der Waals surface area (Å²) in [5, 5.41) is 2.83. The maximum absolute atomic E-state index is 13.5. The fraction of sp³-hybridized carbons (Fsp3) is 0.400. The van der Waals surface area contributed by atoms with Gasteiger partial charge in [0.05, 0.1) is 11.5 Å². The van der Waals surface area contributed by atoms with E-state index in [4.69, 9.17) is 4.74 Å². The van der Waals surface area contributed by atoms with Crippen LogP contribution >= 0.6 is 0 Å². The van der Waals surface area contributed by atoms with E-state index in [0.29, 0.717) is 37.5 Å². The smallest absolute Gasteiger partial charge is 0.255 e. The zero-order valence-electron chi connectivity index (χ0n) is 22.2. The van der Waals surface area contributed by atoms with Crippen LogP contribution in [0.2, 0.25) is 0 Å². The molecule has 9 heteroatoms. The van der Waals surface area contributed by atoms with Gasteiger partial charge in [0.1, 0.15) is 5.75 Å². The van der Waals surface area contributed by atoms with Crippen LogP contribution in [-0.4, -0.2) is 42.9 Å². The Morgan fingerprint density at radius 1 is 0.949 bits per heavy atom. The lowest BCUT2D eigenvalue weighted by atomic mass is 9.84. The van der Waals surface area contributed by atoms with Crippen molar-refractivity contribution in [3.63, 3.8) is 0 Å². The van der Waals surface area contributed by atoms with Gasteiger partial charge in [0.15, 0.2) is 0 Å². The molecule has 3 aromatic rings. The number of ether oxygens (including phenoxy) is 1. The van der Waals surface area contributed by atoms with Gasteiger partial charge in [-0.05, 0) is 73.4 Å². The zero-order valence-corrected chi connectivity index (χ0v) is 23.0. The van der Waals surface area contributed by atoms with Gasteiger partial charge in [0.2, 0.25) is 10.0 Å². The van der Waals surface area contributed by atoms with E-state index in [9.17, 15) is 18.0 Å². The molecule has 2 aliphatic heterocycles. The number of carbonyl (C=O) groups excluding carboxylic acids is 1. The molecule has 1 aromatic heterocycles. The third-order valence-corrected chi connectivity index (χ3v) is 9.43. The highest BCUT2D eigenvalue weighted by atomic mass is 32.2. The molecule has 0 saturated carbocycles. The number of nitrogens with zero attached hydrogens (tertiary/aromatic N) is 2. The van der Waals surface area contributed by atoms with Crippen LogP contribution in [0.5, 0.6) is 5.75 Å². The SMILES string of the molecule is CCCCCCOc1ccc(C(=O)Nc2ccc(S(=O)(=O)N3C[C@@H]4C[C@H](C3)c3cccc(=O)n3C4)cc2)cc1. The first kappa shape index (κ1) is 27.1. The first-order chi connectivity index (χ1) is 18.8. The standard InChI is InChI=1S/C30H35N3O5S/c1-2-3-4-5-17-38-26-13-9-23(10-14-26)30(35)31-25-11-15-27(16-12-25)39(36,37)32-19-22-18-24(21-32)28-7-6-8-29(34)33(28)20-22/h6-16,22,24H,2-5,17-21H2,1H3,(H,31,35)/t22-,24+/m0/s1. The fourth-order valence-electron chi connectivity index (χ4n) is 5.53. The summed E-state index contributed by atoms with van der Waals surface area (Å²) in [6.07, 6.45) is 5.42. The summed E-state index contributed by atoms with van der Waals surface area (Å²) in [6.45, 7) is 4.10. The van der Waals surface area contributed by atoms with E-state index < -0.39 is 10.0 Å². The van der Waals surface area contributed by atoms with Gasteiger partial charge in [-0.3, -0.25) is 9.59 Å². The molecule has 2 bridgehead atoms. The zero-order chi connectivity index (χ0) is 27.4. The van der Waals surface area contributed by atoms with Crippen molar-refractivity contribution >= 4 is 21.6 Å². The van der Waals surface area contributed by atoms with E-state index in [1.807, 2.05) is 6.07 Å². The van der Waals surface area contributed by atoms with Crippen molar-refractivity contribution < 1.29 is 17.9 Å². The van der Waals surface area contributed by atoms with Gasteiger partial charge in [-0.2, -0.15) is 4.31 Å². The molecule has 3 heterocycles. The second kappa shape index (κ2) is 11.8. The van der Waals surface area contributed by atoms with Gasteiger partial charge >= 0.3 is 0 Å². The molecule has 1 amide bonds. The number of nitrogens with one attached hydrogen (secondary N) is 1. The van der Waals surface area contributed by atoms with Crippen molar-refractivity contribution in [1.82, 2.24) is 8.87 Å². The maximum Gasteiger partial charge on any atom is 0.255 e. The topological polar surface area (TPSA) is 97.7 Å². The highest BCUT2D eigenvalue weighted by molar-refractivity contribution is 7.89. The van der Waals surface area contributed by atoms with Crippen molar-refractivity contribution in [2.24, 2.45) is 5.92 Å². The Morgan fingerprint density at radius 3 is 2.46 bits per heavy atom. The minimum absolute atomic E-state index is 0.00224. The minimum Gasteiger partial charge on any atom is -0.494 e. The Bertz CT molecular complexity index is 1470. The third-order valence-electron chi connectivity index (χ3n) is 7.58. The van der Waals surface area contributed by atoms with E-state index in [1.54, 1.807) is 53.1 Å². The Kier molecular flexibility index (Phi) is 8.18. The molecule has 0 unspecified atom stereocenters. The number of fused-ring (bicyclic) bond motifs is 4. The van der Waals surface area contributed by atoms with E-state index in [1.165, 1.54) is 29.3 Å². The van der Waals surface area contributed by atoms with Crippen LogP contribution in [0.25, 0.3) is 0 Å². The average Bonchev–Trinajstić information content (AvgIpc) is 2.94. The molecule has 0 spiro atoms. The molecule has 1 fully saturated rings. The maximum atomic E-state index is 13.5. The highest BCUT2D eigenvalue weighted by Gasteiger charge is 2.39. The van der Waals surface area contributed by atoms with Gasteiger partial charge < -0.3 is 14.6 Å². The molecule has 206 valence electrons. The summed E-state index contributed by atoms with van der Waals surface area (Å²) in [5.74, 6) is 0.549. The van der Waals surface area contributed by atoms with E-state index >= 15 is 0 Å². The monoisotopic (exact) mass is 549 g/mol. The molecule has 0 aliphatic carbocycles. The molecule has 1 saturated heterocycles. The van der Waals surface area contributed by atoms with Gasteiger partial charge in [-0.25, -0.2) is 8.42 Å². The van der Waals surface area contributed by atoms with E-state index in [-0.39, 0.29) is 28.2 Å². The lowest BCUT2D eigenvalue weighted by molar-refractivity contribution is 0.102. The molecule has 0 radical (unpaired) electrons. The molecule has 8 nitrogen and oxygen atoms in total. The summed E-state index contributed by atoms with van der Waals surface area (Å²) in [5.41, 5.74) is 1.88. The lowest BCUT2D eigenvalue weighted by Crippen LogP contribution is -2.48. The number of sulfonamides is 1. The molecule has 2 atom stereocenters. The number of amides is 1. The summed E-state index contributed by atoms with van der Waals surface area (Å²) >= 11 is 0. The van der Waals surface area contributed by atoms with Gasteiger partial charge in [0.25, 0.3) is 11.5 Å². The lowest BCUT2D eigenvalue weighted by Gasteiger charge is -2.42. The number of hydrogen-bond donors (Lipinski definition) is 1. The molecule has 2 aromatic carbocycles. The van der Waals surface area contributed by atoms with Crippen LogP contribution in [0.4, 0.5) is 5.69 Å². The molecule has 39 heavy (non-hydrogen) atoms. The number of unbranched alkanes of at least 4 members (excludes halogenated alkanes) is 3. The Labute approximate surface area is 229 Å². The number of anilines is 1. The average molecular weight is 550 g/mol. The van der Waals surface area contributed by atoms with Gasteiger partial charge in [-0.1, -0.05) is 32.3 Å². The van der Waals surface area contributed by atoms with Crippen molar-refractivity contribution in [3.05, 3.63) is 88.3 Å². The van der Waals surface area contributed by atoms with Crippen LogP contribution < -0.4 is 15.6 Å². The summed E-state index contributed by atoms with van der Waals surface area (Å²) in [7, 11) is -3.71. The summed E-state index contributed by atoms with van der Waals surface area (Å²) in [4.78, 5) is 25.2. The largest absolute Gasteiger partial charge is 0.494 e. The Hall–Kier alpha value is -3.43. The van der Waals surface area contributed by atoms with Crippen LogP contribution in [-0.2, 0) is 16.6 Å². The number of carbonyl (C=O) groups is 1. The van der Waals surface area contributed by atoms with Gasteiger partial charge in [-0.15, -0.1) is 0 Å². The third kappa shape index (κ3) is 6.09. The molecule has 5 rings (SSSR count). The number of hydrogen-bond acceptors (Lipinski definition) is 5. The second-order valence-electron chi connectivity index (χ2n) is 10.4. The normalized spacial score (nSPS) is 18.8. The van der Waals surface area contributed by atoms with E-state index in [0.717, 1.165) is 30.7 Å². The quantitative estimate of drug-likeness (QED) is 0.364. The van der Waals surface area contributed by atoms with Crippen molar-refractivity contribution in [3.8, 4) is 5.75 Å². The van der Waals surface area contributed by atoms with E-state index in [2.05, 4.69) is 12.2 Å². The van der Waals surface area contributed by atoms with Gasteiger partial charge in [0, 0.05) is 48.6 Å². The highest BCUT2D eigenvalue weighted by Crippen LogP contribution is 2.37.